The predicted molar refractivity (Wildman–Crippen MR) is 111 cm³/mol. The summed E-state index contributed by atoms with van der Waals surface area (Å²) < 4.78 is 0. The summed E-state index contributed by atoms with van der Waals surface area (Å²) >= 11 is 6.35. The number of amides is 1. The molecule has 0 aromatic heterocycles. The molecule has 4 aliphatic rings. The molecule has 1 aromatic carbocycles. The van der Waals surface area contributed by atoms with Crippen LogP contribution in [0.4, 0.5) is 5.69 Å². The van der Waals surface area contributed by atoms with Crippen molar-refractivity contribution in [3.8, 4) is 0 Å². The minimum Gasteiger partial charge on any atom is -0.370 e. The van der Waals surface area contributed by atoms with E-state index >= 15 is 0 Å². The fourth-order valence-corrected chi connectivity index (χ4v) is 6.23. The molecule has 1 unspecified atom stereocenters. The van der Waals surface area contributed by atoms with Crippen LogP contribution in [0.5, 0.6) is 0 Å². The van der Waals surface area contributed by atoms with Crippen LogP contribution in [0.1, 0.15) is 55.8 Å². The van der Waals surface area contributed by atoms with E-state index in [4.69, 9.17) is 11.6 Å². The van der Waals surface area contributed by atoms with E-state index in [1.165, 1.54) is 38.5 Å². The highest BCUT2D eigenvalue weighted by molar-refractivity contribution is 6.34. The molecule has 0 radical (unpaired) electrons. The standard InChI is InChI=1S/C22H32ClN3O/c1-14(26(2)3)25-18-4-5-20(23)19(9-18)21(27)24-13-22-10-15-6-16(11-22)8-17(7-15)12-22/h4-5,9,14-17,25H,6-8,10-13H2,1-3H3,(H,24,27). The lowest BCUT2D eigenvalue weighted by Crippen LogP contribution is -2.51. The highest BCUT2D eigenvalue weighted by Crippen LogP contribution is 2.59. The summed E-state index contributed by atoms with van der Waals surface area (Å²) in [6, 6.07) is 5.61. The van der Waals surface area contributed by atoms with Crippen LogP contribution < -0.4 is 10.6 Å². The molecule has 4 saturated carbocycles. The van der Waals surface area contributed by atoms with Gasteiger partial charge in [0.05, 0.1) is 16.8 Å². The van der Waals surface area contributed by atoms with Crippen molar-refractivity contribution in [3.05, 3.63) is 28.8 Å². The second-order valence-electron chi connectivity index (χ2n) is 9.58. The fourth-order valence-electron chi connectivity index (χ4n) is 6.03. The molecule has 5 heteroatoms. The summed E-state index contributed by atoms with van der Waals surface area (Å²) in [6.45, 7) is 2.89. The number of benzene rings is 1. The van der Waals surface area contributed by atoms with Gasteiger partial charge in [-0.3, -0.25) is 9.69 Å². The normalized spacial score (nSPS) is 32.6. The number of hydrogen-bond donors (Lipinski definition) is 2. The highest BCUT2D eigenvalue weighted by atomic mass is 35.5. The van der Waals surface area contributed by atoms with E-state index in [9.17, 15) is 4.79 Å². The van der Waals surface area contributed by atoms with Crippen molar-refractivity contribution >= 4 is 23.2 Å². The number of rotatable bonds is 6. The SMILES string of the molecule is CC(Nc1ccc(Cl)c(C(=O)NCC23CC4CC(CC(C4)C2)C3)c1)N(C)C. The van der Waals surface area contributed by atoms with Gasteiger partial charge in [0.2, 0.25) is 0 Å². The topological polar surface area (TPSA) is 44.4 Å². The average molecular weight is 390 g/mol. The number of halogens is 1. The highest BCUT2D eigenvalue weighted by Gasteiger charge is 2.50. The Morgan fingerprint density at radius 3 is 2.33 bits per heavy atom. The summed E-state index contributed by atoms with van der Waals surface area (Å²) in [6.07, 6.45) is 8.36. The molecule has 4 nitrogen and oxygen atoms in total. The summed E-state index contributed by atoms with van der Waals surface area (Å²) in [7, 11) is 4.04. The van der Waals surface area contributed by atoms with Crippen LogP contribution in [0.25, 0.3) is 0 Å². The zero-order chi connectivity index (χ0) is 19.2. The second kappa shape index (κ2) is 7.29. The molecule has 0 saturated heterocycles. The quantitative estimate of drug-likeness (QED) is 0.698. The summed E-state index contributed by atoms with van der Waals surface area (Å²) in [4.78, 5) is 15.0. The van der Waals surface area contributed by atoms with Crippen LogP contribution >= 0.6 is 11.6 Å². The van der Waals surface area contributed by atoms with Crippen molar-refractivity contribution in [2.24, 2.45) is 23.2 Å². The average Bonchev–Trinajstić information content (AvgIpc) is 2.60. The van der Waals surface area contributed by atoms with Gasteiger partial charge in [0.25, 0.3) is 5.91 Å². The van der Waals surface area contributed by atoms with Crippen molar-refractivity contribution in [2.75, 3.05) is 26.0 Å². The Bertz CT molecular complexity index is 682. The minimum absolute atomic E-state index is 0.0445. The number of nitrogens with zero attached hydrogens (tertiary/aromatic N) is 1. The Morgan fingerprint density at radius 2 is 1.78 bits per heavy atom. The van der Waals surface area contributed by atoms with E-state index < -0.39 is 0 Å². The zero-order valence-electron chi connectivity index (χ0n) is 16.7. The van der Waals surface area contributed by atoms with Crippen LogP contribution in [-0.4, -0.2) is 37.6 Å². The molecule has 1 atom stereocenters. The molecule has 27 heavy (non-hydrogen) atoms. The first-order chi connectivity index (χ1) is 12.8. The molecular weight excluding hydrogens is 358 g/mol. The second-order valence-corrected chi connectivity index (χ2v) is 9.99. The Morgan fingerprint density at radius 1 is 1.19 bits per heavy atom. The summed E-state index contributed by atoms with van der Waals surface area (Å²) in [5, 5.41) is 7.16. The number of carbonyl (C=O) groups excluding carboxylic acids is 1. The van der Waals surface area contributed by atoms with Crippen molar-refractivity contribution in [1.82, 2.24) is 10.2 Å². The van der Waals surface area contributed by atoms with Gasteiger partial charge in [-0.2, -0.15) is 0 Å². The lowest BCUT2D eigenvalue weighted by Gasteiger charge is -2.56. The van der Waals surface area contributed by atoms with E-state index in [0.29, 0.717) is 16.0 Å². The Kier molecular flexibility index (Phi) is 5.15. The van der Waals surface area contributed by atoms with E-state index in [0.717, 1.165) is 30.0 Å². The number of nitrogens with one attached hydrogen (secondary N) is 2. The lowest BCUT2D eigenvalue weighted by atomic mass is 9.49. The molecular formula is C22H32ClN3O. The van der Waals surface area contributed by atoms with Gasteiger partial charge >= 0.3 is 0 Å². The Balaban J connectivity index is 1.42. The number of carbonyl (C=O) groups is 1. The maximum absolute atomic E-state index is 12.9. The van der Waals surface area contributed by atoms with Gasteiger partial charge in [0.1, 0.15) is 0 Å². The van der Waals surface area contributed by atoms with E-state index in [1.54, 1.807) is 0 Å². The molecule has 0 aliphatic heterocycles. The lowest BCUT2D eigenvalue weighted by molar-refractivity contribution is -0.0503. The van der Waals surface area contributed by atoms with E-state index in [-0.39, 0.29) is 12.1 Å². The Hall–Kier alpha value is -1.26. The van der Waals surface area contributed by atoms with Crippen molar-refractivity contribution in [1.29, 1.82) is 0 Å². The van der Waals surface area contributed by atoms with Crippen molar-refractivity contribution in [3.63, 3.8) is 0 Å². The van der Waals surface area contributed by atoms with E-state index in [2.05, 4.69) is 22.5 Å². The van der Waals surface area contributed by atoms with Gasteiger partial charge in [0.15, 0.2) is 0 Å². The number of anilines is 1. The monoisotopic (exact) mass is 389 g/mol. The Labute approximate surface area is 168 Å². The molecule has 5 rings (SSSR count). The molecule has 0 spiro atoms. The first kappa shape index (κ1) is 19.1. The third-order valence-corrected chi connectivity index (χ3v) is 7.48. The molecule has 4 bridgehead atoms. The van der Waals surface area contributed by atoms with Crippen LogP contribution in [-0.2, 0) is 0 Å². The molecule has 2 N–H and O–H groups in total. The first-order valence-corrected chi connectivity index (χ1v) is 10.7. The minimum atomic E-state index is -0.0445. The molecule has 148 valence electrons. The van der Waals surface area contributed by atoms with Crippen LogP contribution in [0.15, 0.2) is 18.2 Å². The maximum atomic E-state index is 12.9. The zero-order valence-corrected chi connectivity index (χ0v) is 17.5. The largest absolute Gasteiger partial charge is 0.370 e. The summed E-state index contributed by atoms with van der Waals surface area (Å²) in [5.41, 5.74) is 1.82. The van der Waals surface area contributed by atoms with E-state index in [1.807, 2.05) is 32.3 Å². The molecule has 4 aliphatic carbocycles. The van der Waals surface area contributed by atoms with Crippen LogP contribution in [0.2, 0.25) is 5.02 Å². The van der Waals surface area contributed by atoms with Crippen molar-refractivity contribution in [2.45, 2.75) is 51.6 Å². The fraction of sp³-hybridized carbons (Fsp3) is 0.682. The van der Waals surface area contributed by atoms with Gasteiger partial charge in [-0.05, 0) is 101 Å². The van der Waals surface area contributed by atoms with Gasteiger partial charge in [-0.1, -0.05) is 11.6 Å². The molecule has 1 amide bonds. The van der Waals surface area contributed by atoms with Crippen molar-refractivity contribution < 1.29 is 4.79 Å². The van der Waals surface area contributed by atoms with Crippen LogP contribution in [0, 0.1) is 23.2 Å². The smallest absolute Gasteiger partial charge is 0.252 e. The van der Waals surface area contributed by atoms with Gasteiger partial charge < -0.3 is 10.6 Å². The molecule has 1 aromatic rings. The molecule has 0 heterocycles. The molecule has 4 fully saturated rings. The number of hydrogen-bond acceptors (Lipinski definition) is 3. The van der Waals surface area contributed by atoms with Crippen LogP contribution in [0.3, 0.4) is 0 Å². The third-order valence-electron chi connectivity index (χ3n) is 7.15. The predicted octanol–water partition coefficient (Wildman–Crippen LogP) is 4.61. The maximum Gasteiger partial charge on any atom is 0.252 e. The van der Waals surface area contributed by atoms with Gasteiger partial charge in [-0.15, -0.1) is 0 Å². The first-order valence-electron chi connectivity index (χ1n) is 10.3. The van der Waals surface area contributed by atoms with Gasteiger partial charge in [-0.25, -0.2) is 0 Å². The third kappa shape index (κ3) is 3.97. The van der Waals surface area contributed by atoms with Gasteiger partial charge in [0, 0.05) is 12.2 Å². The summed E-state index contributed by atoms with van der Waals surface area (Å²) in [5.74, 6) is 2.65.